The topological polar surface area (TPSA) is 18.5 Å². The maximum Gasteiger partial charge on any atom is 0.164 e. The monoisotopic (exact) mass is 370 g/mol. The molecule has 5 rings (SSSR count). The fraction of sp³-hybridized carbons (Fsp3) is 0.840. The largest absolute Gasteiger partial charge is 0.344 e. The van der Waals surface area contributed by atoms with E-state index < -0.39 is 5.79 Å². The molecule has 2 heteroatoms. The number of fused-ring (bicyclic) bond motifs is 7. The van der Waals surface area contributed by atoms with Crippen LogP contribution in [0.25, 0.3) is 0 Å². The summed E-state index contributed by atoms with van der Waals surface area (Å²) < 4.78 is 13.3. The van der Waals surface area contributed by atoms with Gasteiger partial charge in [0.25, 0.3) is 0 Å². The lowest BCUT2D eigenvalue weighted by Gasteiger charge is -2.60. The van der Waals surface area contributed by atoms with Crippen molar-refractivity contribution in [3.63, 3.8) is 0 Å². The van der Waals surface area contributed by atoms with Crippen molar-refractivity contribution in [1.82, 2.24) is 0 Å². The zero-order valence-electron chi connectivity index (χ0n) is 18.2. The maximum atomic E-state index is 6.77. The third-order valence-corrected chi connectivity index (χ3v) is 9.65. The fourth-order valence-electron chi connectivity index (χ4n) is 8.69. The van der Waals surface area contributed by atoms with Gasteiger partial charge in [0.05, 0.1) is 6.10 Å². The summed E-state index contributed by atoms with van der Waals surface area (Å²) in [5.74, 6) is 2.59. The molecule has 27 heavy (non-hydrogen) atoms. The quantitative estimate of drug-likeness (QED) is 0.506. The van der Waals surface area contributed by atoms with Crippen LogP contribution in [-0.2, 0) is 9.47 Å². The Bertz CT molecular complexity index is 705. The van der Waals surface area contributed by atoms with Gasteiger partial charge in [-0.15, -0.1) is 0 Å². The smallest absolute Gasteiger partial charge is 0.164 e. The molecule has 4 aliphatic carbocycles. The van der Waals surface area contributed by atoms with Crippen LogP contribution in [0.1, 0.15) is 80.1 Å². The maximum absolute atomic E-state index is 6.77. The van der Waals surface area contributed by atoms with E-state index in [0.717, 1.165) is 30.6 Å². The lowest BCUT2D eigenvalue weighted by atomic mass is 9.45. The zero-order chi connectivity index (χ0) is 19.2. The predicted octanol–water partition coefficient (Wildman–Crippen LogP) is 6.27. The minimum Gasteiger partial charge on any atom is -0.344 e. The molecule has 4 fully saturated rings. The van der Waals surface area contributed by atoms with Gasteiger partial charge in [0.2, 0.25) is 0 Å². The minimum absolute atomic E-state index is 0.0885. The highest BCUT2D eigenvalue weighted by atomic mass is 16.8. The van der Waals surface area contributed by atoms with Crippen molar-refractivity contribution < 1.29 is 9.47 Å². The molecule has 8 atom stereocenters. The van der Waals surface area contributed by atoms with Gasteiger partial charge in [-0.2, -0.15) is 0 Å². The van der Waals surface area contributed by atoms with Crippen molar-refractivity contribution in [2.24, 2.45) is 34.5 Å². The Labute approximate surface area is 165 Å². The van der Waals surface area contributed by atoms with Gasteiger partial charge in [-0.25, -0.2) is 0 Å². The first-order valence-corrected chi connectivity index (χ1v) is 11.4. The van der Waals surface area contributed by atoms with Crippen LogP contribution < -0.4 is 0 Å². The van der Waals surface area contributed by atoms with Crippen LogP contribution in [0.15, 0.2) is 23.8 Å². The van der Waals surface area contributed by atoms with Gasteiger partial charge in [0, 0.05) is 10.8 Å². The van der Waals surface area contributed by atoms with Crippen molar-refractivity contribution in [3.05, 3.63) is 23.8 Å². The third-order valence-electron chi connectivity index (χ3n) is 9.65. The van der Waals surface area contributed by atoms with Crippen molar-refractivity contribution in [2.75, 3.05) is 0 Å². The van der Waals surface area contributed by atoms with Crippen LogP contribution in [0.5, 0.6) is 0 Å². The van der Waals surface area contributed by atoms with Crippen LogP contribution in [0.3, 0.4) is 0 Å². The molecule has 1 aliphatic heterocycles. The Balaban J connectivity index is 1.55. The summed E-state index contributed by atoms with van der Waals surface area (Å²) in [4.78, 5) is 0. The molecule has 0 bridgehead atoms. The highest BCUT2D eigenvalue weighted by molar-refractivity contribution is 5.34. The van der Waals surface area contributed by atoms with Gasteiger partial charge in [-0.3, -0.25) is 0 Å². The molecule has 0 amide bonds. The molecule has 5 aliphatic rings. The zero-order valence-corrected chi connectivity index (χ0v) is 18.2. The second kappa shape index (κ2) is 5.51. The number of hydrogen-bond donors (Lipinski definition) is 0. The van der Waals surface area contributed by atoms with Gasteiger partial charge < -0.3 is 9.47 Å². The molecule has 0 aromatic carbocycles. The molecule has 0 radical (unpaired) electrons. The molecule has 150 valence electrons. The van der Waals surface area contributed by atoms with Crippen molar-refractivity contribution in [1.29, 1.82) is 0 Å². The van der Waals surface area contributed by atoms with Gasteiger partial charge >= 0.3 is 0 Å². The molecule has 2 nitrogen and oxygen atoms in total. The molecule has 0 aromatic heterocycles. The first kappa shape index (κ1) is 18.4. The first-order valence-electron chi connectivity index (χ1n) is 11.4. The van der Waals surface area contributed by atoms with Gasteiger partial charge in [-0.1, -0.05) is 51.5 Å². The van der Waals surface area contributed by atoms with Crippen molar-refractivity contribution in [3.8, 4) is 0 Å². The van der Waals surface area contributed by atoms with E-state index >= 15 is 0 Å². The SMILES string of the molecule is CC[C@@]12OC(C)(C)O[C@@H]1C[C@H]1[C@@H]3C[C@H](C)C4=CCC=C[C@]4(C)[C@H]3CC[C@@]12C. The van der Waals surface area contributed by atoms with Gasteiger partial charge in [-0.05, 0) is 76.0 Å². The van der Waals surface area contributed by atoms with E-state index in [9.17, 15) is 0 Å². The second-order valence-electron chi connectivity index (χ2n) is 11.1. The molecular weight excluding hydrogens is 332 g/mol. The molecule has 0 aromatic rings. The van der Waals surface area contributed by atoms with Crippen LogP contribution in [0.2, 0.25) is 0 Å². The van der Waals surface area contributed by atoms with Gasteiger partial charge in [0.1, 0.15) is 5.60 Å². The average Bonchev–Trinajstić information content (AvgIpc) is 3.00. The Hall–Kier alpha value is -0.600. The van der Waals surface area contributed by atoms with Gasteiger partial charge in [0.15, 0.2) is 5.79 Å². The molecule has 0 spiro atoms. The highest BCUT2D eigenvalue weighted by Gasteiger charge is 2.72. The normalized spacial score (nSPS) is 55.3. The molecule has 0 unspecified atom stereocenters. The van der Waals surface area contributed by atoms with E-state index in [4.69, 9.17) is 9.47 Å². The first-order chi connectivity index (χ1) is 12.7. The molecule has 3 saturated carbocycles. The summed E-state index contributed by atoms with van der Waals surface area (Å²) in [5, 5.41) is 0. The van der Waals surface area contributed by atoms with Crippen LogP contribution in [-0.4, -0.2) is 17.5 Å². The van der Waals surface area contributed by atoms with Crippen LogP contribution >= 0.6 is 0 Å². The summed E-state index contributed by atoms with van der Waals surface area (Å²) in [6.45, 7) is 14.1. The second-order valence-corrected chi connectivity index (χ2v) is 11.1. The standard InChI is InChI=1S/C25H38O2/c1-7-25-21(26-22(3,4)27-25)15-20-17-14-16(2)18-10-8-9-12-23(18,5)19(17)11-13-24(20,25)6/h9-10,12,16-17,19-21H,7-8,11,13-15H2,1-6H3/t16-,17+,19-,20-,21+,23-,24-,25+/m0/s1. The predicted molar refractivity (Wildman–Crippen MR) is 109 cm³/mol. The summed E-state index contributed by atoms with van der Waals surface area (Å²) in [6.07, 6.45) is 15.2. The number of allylic oxidation sites excluding steroid dienone is 4. The molecule has 0 N–H and O–H groups in total. The summed E-state index contributed by atoms with van der Waals surface area (Å²) >= 11 is 0. The van der Waals surface area contributed by atoms with E-state index in [2.05, 4.69) is 59.8 Å². The summed E-state index contributed by atoms with van der Waals surface area (Å²) in [7, 11) is 0. The van der Waals surface area contributed by atoms with E-state index in [1.165, 1.54) is 25.7 Å². The van der Waals surface area contributed by atoms with Crippen LogP contribution in [0, 0.1) is 34.5 Å². The van der Waals surface area contributed by atoms with E-state index in [-0.39, 0.29) is 22.5 Å². The lowest BCUT2D eigenvalue weighted by molar-refractivity contribution is -0.216. The Morgan fingerprint density at radius 2 is 1.89 bits per heavy atom. The Morgan fingerprint density at radius 1 is 1.11 bits per heavy atom. The van der Waals surface area contributed by atoms with Crippen molar-refractivity contribution in [2.45, 2.75) is 97.6 Å². The van der Waals surface area contributed by atoms with Crippen molar-refractivity contribution >= 4 is 0 Å². The Morgan fingerprint density at radius 3 is 2.63 bits per heavy atom. The third kappa shape index (κ3) is 2.15. The molecule has 1 heterocycles. The van der Waals surface area contributed by atoms with E-state index in [0.29, 0.717) is 5.92 Å². The number of rotatable bonds is 1. The summed E-state index contributed by atoms with van der Waals surface area (Å²) in [6, 6.07) is 0. The summed E-state index contributed by atoms with van der Waals surface area (Å²) in [5.41, 5.74) is 2.16. The lowest BCUT2D eigenvalue weighted by Crippen LogP contribution is -2.57. The number of ether oxygens (including phenoxy) is 2. The van der Waals surface area contributed by atoms with E-state index in [1.807, 2.05) is 0 Å². The fourth-order valence-corrected chi connectivity index (χ4v) is 8.69. The average molecular weight is 371 g/mol. The molecule has 1 saturated heterocycles. The minimum atomic E-state index is -0.431. The number of hydrogen-bond acceptors (Lipinski definition) is 2. The van der Waals surface area contributed by atoms with E-state index in [1.54, 1.807) is 5.57 Å². The molecular formula is C25H38O2. The van der Waals surface area contributed by atoms with Crippen LogP contribution in [0.4, 0.5) is 0 Å². The highest BCUT2D eigenvalue weighted by Crippen LogP contribution is 2.71. The Kier molecular flexibility index (Phi) is 3.76.